The highest BCUT2D eigenvalue weighted by atomic mass is 14.4. The van der Waals surface area contributed by atoms with Crippen LogP contribution in [0.4, 0.5) is 0 Å². The van der Waals surface area contributed by atoms with Gasteiger partial charge in [-0.05, 0) is 229 Å². The van der Waals surface area contributed by atoms with Gasteiger partial charge in [0.1, 0.15) is 0 Å². The first kappa shape index (κ1) is 49.6. The van der Waals surface area contributed by atoms with Gasteiger partial charge in [0.25, 0.3) is 0 Å². The Morgan fingerprint density at radius 2 is 0.600 bits per heavy atom. The monoisotopic (exact) mass is 1030 g/mol. The van der Waals surface area contributed by atoms with Crippen molar-refractivity contribution in [1.82, 2.24) is 0 Å². The minimum absolute atomic E-state index is 0.155. The SMILES string of the molecule is CC(C)c1cc(C(C)C)c(-c2cc3c4c(cc5c(-c6c(C(C)C)cc(C(C)C)cc6C(C)C)cc6c7c(cc2c4c57)B2c4ccc(C#N)cc4-c4cc(C#N)cc-6c42)B2c4ccc(C#N)cc4-c4cc(C#N)cc-3c42)c(C(C)C)c1. The summed E-state index contributed by atoms with van der Waals surface area (Å²) in [7, 11) is 0. The van der Waals surface area contributed by atoms with Crippen molar-refractivity contribution in [2.45, 2.75) is 119 Å². The van der Waals surface area contributed by atoms with Gasteiger partial charge in [-0.1, -0.05) is 164 Å². The van der Waals surface area contributed by atoms with Gasteiger partial charge in [-0.3, -0.25) is 0 Å². The van der Waals surface area contributed by atoms with Crippen LogP contribution >= 0.6 is 0 Å². The fourth-order valence-corrected chi connectivity index (χ4v) is 15.2. The van der Waals surface area contributed by atoms with Gasteiger partial charge in [-0.15, -0.1) is 0 Å². The molecule has 4 aliphatic heterocycles. The smallest absolute Gasteiger partial charge is 0.192 e. The Morgan fingerprint density at radius 1 is 0.287 bits per heavy atom. The lowest BCUT2D eigenvalue weighted by Crippen LogP contribution is -2.53. The second-order valence-electron chi connectivity index (χ2n) is 25.4. The van der Waals surface area contributed by atoms with Crippen LogP contribution in [-0.2, 0) is 0 Å². The van der Waals surface area contributed by atoms with Crippen LogP contribution in [0.15, 0.2) is 109 Å². The highest BCUT2D eigenvalue weighted by Gasteiger charge is 2.46. The molecule has 0 aromatic heterocycles. The lowest BCUT2D eigenvalue weighted by atomic mass is 9.34. The third-order valence-electron chi connectivity index (χ3n) is 18.9. The molecule has 0 amide bonds. The normalized spacial score (nSPS) is 13.1. The number of hydrogen-bond acceptors (Lipinski definition) is 4. The van der Waals surface area contributed by atoms with Crippen molar-refractivity contribution in [1.29, 1.82) is 21.0 Å². The molecule has 0 bridgehead atoms. The maximum Gasteiger partial charge on any atom is 0.244 e. The van der Waals surface area contributed by atoms with E-state index in [1.54, 1.807) is 0 Å². The topological polar surface area (TPSA) is 95.2 Å². The molecular weight excluding hydrogens is 966 g/mol. The predicted octanol–water partition coefficient (Wildman–Crippen LogP) is 15.1. The first-order chi connectivity index (χ1) is 38.5. The molecular formula is C74H60B2N4. The minimum Gasteiger partial charge on any atom is -0.192 e. The van der Waals surface area contributed by atoms with Crippen LogP contribution in [0.5, 0.6) is 0 Å². The van der Waals surface area contributed by atoms with Gasteiger partial charge in [-0.25, -0.2) is 0 Å². The number of rotatable bonds is 8. The molecule has 0 fully saturated rings. The number of hydrogen-bond donors (Lipinski definition) is 0. The lowest BCUT2D eigenvalue weighted by Gasteiger charge is -2.34. The summed E-state index contributed by atoms with van der Waals surface area (Å²) in [4.78, 5) is 0. The standard InChI is InChI=1S/C74H60B2N4/c1-35(2)45-23-47(37(5)6)67(48(24-45)38(7)8)53-27-55-61-21-43(33-79)19-59-51-17-42(32-78)14-16-64(51)76(73(59)61)66-30-58-54(68-49(39(9)10)25-46(36(3)4)26-50(68)40(11)12)28-56-62-22-44(34-80)20-60-52-18-41(31-77)13-15-63(52)75(74(60)62)65-29-57(53)71(69(55)66)72(58)70(56)65/h13-30,35-40H,1-12H3. The van der Waals surface area contributed by atoms with E-state index in [4.69, 9.17) is 0 Å². The second-order valence-corrected chi connectivity index (χ2v) is 25.4. The Labute approximate surface area is 471 Å². The molecule has 10 aromatic carbocycles. The van der Waals surface area contributed by atoms with Crippen LogP contribution in [0.1, 0.15) is 174 Å². The molecule has 6 heteroatoms. The predicted molar refractivity (Wildman–Crippen MR) is 335 cm³/mol. The number of nitriles is 4. The summed E-state index contributed by atoms with van der Waals surface area (Å²) in [6.45, 7) is 27.7. The average Bonchev–Trinajstić information content (AvgIpc) is 3.10. The van der Waals surface area contributed by atoms with Gasteiger partial charge in [-0.2, -0.15) is 21.0 Å². The Hall–Kier alpha value is -8.67. The molecule has 0 radical (unpaired) electrons. The largest absolute Gasteiger partial charge is 0.244 e. The zero-order chi connectivity index (χ0) is 55.8. The summed E-state index contributed by atoms with van der Waals surface area (Å²) in [6, 6.07) is 51.0. The average molecular weight is 1030 g/mol. The maximum atomic E-state index is 11.0. The number of benzene rings is 10. The Balaban J connectivity index is 1.29. The fraction of sp³-hybridized carbons (Fsp3) is 0.243. The summed E-state index contributed by atoms with van der Waals surface area (Å²) in [5.41, 5.74) is 31.1. The molecule has 382 valence electrons. The summed E-state index contributed by atoms with van der Waals surface area (Å²) in [5, 5.41) is 50.1. The molecule has 0 saturated heterocycles. The van der Waals surface area contributed by atoms with Crippen LogP contribution < -0.4 is 32.8 Å². The minimum atomic E-state index is -0.155. The van der Waals surface area contributed by atoms with Gasteiger partial charge in [0.05, 0.1) is 46.5 Å². The summed E-state index contributed by atoms with van der Waals surface area (Å²) < 4.78 is 0. The summed E-state index contributed by atoms with van der Waals surface area (Å²) in [6.07, 6.45) is 0. The van der Waals surface area contributed by atoms with E-state index >= 15 is 0 Å². The molecule has 0 saturated carbocycles. The molecule has 0 N–H and O–H groups in total. The molecule has 0 spiro atoms. The molecule has 80 heavy (non-hydrogen) atoms. The van der Waals surface area contributed by atoms with E-state index in [9.17, 15) is 21.0 Å². The molecule has 4 nitrogen and oxygen atoms in total. The second kappa shape index (κ2) is 17.4. The van der Waals surface area contributed by atoms with Crippen LogP contribution in [0.3, 0.4) is 0 Å². The van der Waals surface area contributed by atoms with Crippen molar-refractivity contribution in [3.63, 3.8) is 0 Å². The van der Waals surface area contributed by atoms with E-state index in [1.807, 2.05) is 24.3 Å². The lowest BCUT2D eigenvalue weighted by molar-refractivity contribution is 0.807. The first-order valence-corrected chi connectivity index (χ1v) is 28.9. The van der Waals surface area contributed by atoms with Gasteiger partial charge in [0, 0.05) is 0 Å². The molecule has 0 atom stereocenters. The number of fused-ring (bicyclic) bond motifs is 10. The first-order valence-electron chi connectivity index (χ1n) is 28.9. The Kier molecular flexibility index (Phi) is 10.8. The van der Waals surface area contributed by atoms with Crippen molar-refractivity contribution in [2.75, 3.05) is 0 Å². The fourth-order valence-electron chi connectivity index (χ4n) is 15.2. The third-order valence-corrected chi connectivity index (χ3v) is 18.9. The van der Waals surface area contributed by atoms with Crippen molar-refractivity contribution >= 4 is 78.5 Å². The van der Waals surface area contributed by atoms with Crippen LogP contribution in [0, 0.1) is 45.3 Å². The van der Waals surface area contributed by atoms with Crippen LogP contribution in [-0.4, -0.2) is 13.4 Å². The van der Waals surface area contributed by atoms with Crippen molar-refractivity contribution in [2.24, 2.45) is 0 Å². The van der Waals surface area contributed by atoms with E-state index in [0.717, 1.165) is 55.4 Å². The third kappa shape index (κ3) is 6.61. The Bertz CT molecular complexity index is 4320. The molecule has 10 aromatic rings. The highest BCUT2D eigenvalue weighted by Crippen LogP contribution is 2.54. The molecule has 14 rings (SSSR count). The zero-order valence-corrected chi connectivity index (χ0v) is 47.8. The zero-order valence-electron chi connectivity index (χ0n) is 47.8. The van der Waals surface area contributed by atoms with Gasteiger partial charge >= 0.3 is 0 Å². The quantitative estimate of drug-likeness (QED) is 0.112. The van der Waals surface area contributed by atoms with Crippen molar-refractivity contribution in [3.05, 3.63) is 165 Å². The van der Waals surface area contributed by atoms with Gasteiger partial charge in [0.2, 0.25) is 13.4 Å². The highest BCUT2D eigenvalue weighted by molar-refractivity contribution is 7.03. The van der Waals surface area contributed by atoms with Crippen LogP contribution in [0.25, 0.3) is 99.1 Å². The number of nitrogens with zero attached hydrogens (tertiary/aromatic N) is 4. The van der Waals surface area contributed by atoms with Crippen LogP contribution in [0.2, 0.25) is 0 Å². The molecule has 0 unspecified atom stereocenters. The van der Waals surface area contributed by atoms with E-state index in [0.29, 0.717) is 34.1 Å². The summed E-state index contributed by atoms with van der Waals surface area (Å²) in [5.74, 6) is 1.51. The van der Waals surface area contributed by atoms with E-state index < -0.39 is 0 Å². The van der Waals surface area contributed by atoms with E-state index in [2.05, 4.69) is 192 Å². The van der Waals surface area contributed by atoms with Crippen molar-refractivity contribution in [3.8, 4) is 91.0 Å². The maximum absolute atomic E-state index is 11.0. The molecule has 4 aliphatic rings. The van der Waals surface area contributed by atoms with Gasteiger partial charge < -0.3 is 0 Å². The van der Waals surface area contributed by atoms with Gasteiger partial charge in [0.15, 0.2) is 0 Å². The van der Waals surface area contributed by atoms with E-state index in [1.165, 1.54) is 110 Å². The Morgan fingerprint density at radius 3 is 0.900 bits per heavy atom. The molecule has 0 aliphatic carbocycles. The van der Waals surface area contributed by atoms with Crippen molar-refractivity contribution < 1.29 is 0 Å². The molecule has 4 heterocycles. The van der Waals surface area contributed by atoms with E-state index in [-0.39, 0.29) is 37.1 Å². The summed E-state index contributed by atoms with van der Waals surface area (Å²) >= 11 is 0.